The lowest BCUT2D eigenvalue weighted by Gasteiger charge is -2.11. The molecule has 0 spiro atoms. The molecule has 0 amide bonds. The molecule has 1 rings (SSSR count). The van der Waals surface area contributed by atoms with Gasteiger partial charge in [0.2, 0.25) is 10.0 Å². The Morgan fingerprint density at radius 2 is 2.08 bits per heavy atom. The van der Waals surface area contributed by atoms with Crippen molar-refractivity contribution in [1.29, 1.82) is 0 Å². The van der Waals surface area contributed by atoms with Gasteiger partial charge in [-0.25, -0.2) is 13.1 Å². The van der Waals surface area contributed by atoms with Crippen LogP contribution in [0.25, 0.3) is 0 Å². The molecule has 1 aromatic rings. The zero-order valence-electron chi connectivity index (χ0n) is 14.8. The van der Waals surface area contributed by atoms with Crippen LogP contribution < -0.4 is 15.4 Å². The van der Waals surface area contributed by atoms with Gasteiger partial charge in [-0.05, 0) is 24.8 Å². The van der Waals surface area contributed by atoms with Crippen molar-refractivity contribution in [2.75, 3.05) is 53.1 Å². The van der Waals surface area contributed by atoms with Crippen molar-refractivity contribution in [3.8, 4) is 0 Å². The molecule has 0 atom stereocenters. The third kappa shape index (κ3) is 9.75. The fraction of sp³-hybridized carbons (Fsp3) is 0.667. The summed E-state index contributed by atoms with van der Waals surface area (Å²) in [5.74, 6) is 0.662. The Labute approximate surface area is 154 Å². The Morgan fingerprint density at radius 3 is 2.76 bits per heavy atom. The fourth-order valence-corrected chi connectivity index (χ4v) is 3.87. The van der Waals surface area contributed by atoms with E-state index in [9.17, 15) is 8.42 Å². The van der Waals surface area contributed by atoms with Gasteiger partial charge in [-0.3, -0.25) is 4.99 Å². The quantitative estimate of drug-likeness (QED) is 0.259. The first-order valence-corrected chi connectivity index (χ1v) is 10.6. The molecule has 8 nitrogen and oxygen atoms in total. The molecule has 25 heavy (non-hydrogen) atoms. The maximum atomic E-state index is 12.0. The van der Waals surface area contributed by atoms with E-state index < -0.39 is 10.0 Å². The van der Waals surface area contributed by atoms with Gasteiger partial charge < -0.3 is 20.1 Å². The van der Waals surface area contributed by atoms with Crippen LogP contribution in [0.4, 0.5) is 0 Å². The molecule has 3 N–H and O–H groups in total. The number of hydrogen-bond acceptors (Lipinski definition) is 6. The Morgan fingerprint density at radius 1 is 1.24 bits per heavy atom. The molecule has 0 saturated heterocycles. The van der Waals surface area contributed by atoms with Crippen LogP contribution in [0.15, 0.2) is 26.7 Å². The average molecular weight is 393 g/mol. The maximum absolute atomic E-state index is 12.0. The highest BCUT2D eigenvalue weighted by Gasteiger charge is 2.13. The summed E-state index contributed by atoms with van der Waals surface area (Å²) in [5.41, 5.74) is 0. The van der Waals surface area contributed by atoms with Crippen LogP contribution >= 0.6 is 11.3 Å². The van der Waals surface area contributed by atoms with Gasteiger partial charge >= 0.3 is 0 Å². The topological polar surface area (TPSA) is 101 Å². The third-order valence-electron chi connectivity index (χ3n) is 2.96. The minimum Gasteiger partial charge on any atom is -0.382 e. The summed E-state index contributed by atoms with van der Waals surface area (Å²) in [6, 6.07) is 3.30. The van der Waals surface area contributed by atoms with Gasteiger partial charge in [0.05, 0.1) is 13.2 Å². The second kappa shape index (κ2) is 13.1. The van der Waals surface area contributed by atoms with E-state index in [1.165, 1.54) is 11.3 Å². The molecule has 0 saturated carbocycles. The SMILES string of the molecule is CCNC(=NCCCOCCOC)NCCNS(=O)(=O)c1cccs1. The number of methoxy groups -OCH3 is 1. The van der Waals surface area contributed by atoms with E-state index in [0.29, 0.717) is 43.1 Å². The predicted octanol–water partition coefficient (Wildman–Crippen LogP) is 0.635. The zero-order valence-corrected chi connectivity index (χ0v) is 16.4. The van der Waals surface area contributed by atoms with Crippen LogP contribution in [-0.4, -0.2) is 67.5 Å². The van der Waals surface area contributed by atoms with Crippen molar-refractivity contribution in [3.05, 3.63) is 17.5 Å². The Kier molecular flexibility index (Phi) is 11.4. The normalized spacial score (nSPS) is 12.3. The van der Waals surface area contributed by atoms with Crippen molar-refractivity contribution >= 4 is 27.3 Å². The molecule has 0 aliphatic heterocycles. The highest BCUT2D eigenvalue weighted by atomic mass is 32.2. The van der Waals surface area contributed by atoms with E-state index >= 15 is 0 Å². The molecule has 0 radical (unpaired) electrons. The highest BCUT2D eigenvalue weighted by molar-refractivity contribution is 7.91. The summed E-state index contributed by atoms with van der Waals surface area (Å²) in [6.07, 6.45) is 0.811. The number of aliphatic imine (C=N–C) groups is 1. The van der Waals surface area contributed by atoms with Crippen molar-refractivity contribution in [2.45, 2.75) is 17.6 Å². The van der Waals surface area contributed by atoms with Crippen LogP contribution in [0, 0.1) is 0 Å². The lowest BCUT2D eigenvalue weighted by atomic mass is 10.4. The van der Waals surface area contributed by atoms with E-state index in [1.54, 1.807) is 24.6 Å². The molecule has 0 unspecified atom stereocenters. The molecule has 0 aromatic carbocycles. The minimum atomic E-state index is -3.42. The predicted molar refractivity (Wildman–Crippen MR) is 101 cm³/mol. The minimum absolute atomic E-state index is 0.283. The van der Waals surface area contributed by atoms with Gasteiger partial charge in [-0.1, -0.05) is 6.07 Å². The van der Waals surface area contributed by atoms with Crippen molar-refractivity contribution in [2.24, 2.45) is 4.99 Å². The molecular weight excluding hydrogens is 364 g/mol. The van der Waals surface area contributed by atoms with Gasteiger partial charge in [0.1, 0.15) is 4.21 Å². The van der Waals surface area contributed by atoms with E-state index in [2.05, 4.69) is 20.3 Å². The Bertz CT molecular complexity index is 576. The van der Waals surface area contributed by atoms with Gasteiger partial charge in [0.25, 0.3) is 0 Å². The lowest BCUT2D eigenvalue weighted by Crippen LogP contribution is -2.41. The molecule has 1 heterocycles. The summed E-state index contributed by atoms with van der Waals surface area (Å²) in [4.78, 5) is 4.42. The summed E-state index contributed by atoms with van der Waals surface area (Å²) in [5, 5.41) is 7.96. The van der Waals surface area contributed by atoms with Crippen LogP contribution in [0.1, 0.15) is 13.3 Å². The maximum Gasteiger partial charge on any atom is 0.250 e. The molecule has 0 aliphatic carbocycles. The second-order valence-electron chi connectivity index (χ2n) is 4.98. The summed E-state index contributed by atoms with van der Waals surface area (Å²) < 4.78 is 37.1. The molecule has 144 valence electrons. The number of nitrogens with one attached hydrogen (secondary N) is 3. The van der Waals surface area contributed by atoms with Gasteiger partial charge in [0, 0.05) is 39.9 Å². The number of rotatable bonds is 13. The first-order valence-electron chi connectivity index (χ1n) is 8.22. The van der Waals surface area contributed by atoms with Crippen LogP contribution in [0.2, 0.25) is 0 Å². The molecule has 0 aliphatic rings. The van der Waals surface area contributed by atoms with Crippen molar-refractivity contribution in [1.82, 2.24) is 15.4 Å². The number of nitrogens with zero attached hydrogens (tertiary/aromatic N) is 1. The number of ether oxygens (including phenoxy) is 2. The highest BCUT2D eigenvalue weighted by Crippen LogP contribution is 2.14. The summed E-state index contributed by atoms with van der Waals surface area (Å²) in [6.45, 7) is 5.88. The fourth-order valence-electron chi connectivity index (χ4n) is 1.80. The number of guanidine groups is 1. The number of thiophene rings is 1. The Balaban J connectivity index is 2.24. The van der Waals surface area contributed by atoms with E-state index in [-0.39, 0.29) is 6.54 Å². The summed E-state index contributed by atoms with van der Waals surface area (Å²) >= 11 is 1.20. The molecule has 1 aromatic heterocycles. The molecule has 10 heteroatoms. The van der Waals surface area contributed by atoms with Crippen LogP contribution in [0.5, 0.6) is 0 Å². The first kappa shape index (κ1) is 21.8. The monoisotopic (exact) mass is 392 g/mol. The van der Waals surface area contributed by atoms with Crippen LogP contribution in [-0.2, 0) is 19.5 Å². The third-order valence-corrected chi connectivity index (χ3v) is 5.82. The van der Waals surface area contributed by atoms with Crippen molar-refractivity contribution in [3.63, 3.8) is 0 Å². The lowest BCUT2D eigenvalue weighted by molar-refractivity contribution is 0.0702. The number of hydrogen-bond donors (Lipinski definition) is 3. The average Bonchev–Trinajstić information content (AvgIpc) is 3.13. The van der Waals surface area contributed by atoms with E-state index in [0.717, 1.165) is 13.0 Å². The summed E-state index contributed by atoms with van der Waals surface area (Å²) in [7, 11) is -1.78. The smallest absolute Gasteiger partial charge is 0.250 e. The first-order chi connectivity index (χ1) is 12.1. The van der Waals surface area contributed by atoms with E-state index in [4.69, 9.17) is 9.47 Å². The second-order valence-corrected chi connectivity index (χ2v) is 7.92. The van der Waals surface area contributed by atoms with Crippen molar-refractivity contribution < 1.29 is 17.9 Å². The van der Waals surface area contributed by atoms with Gasteiger partial charge in [-0.15, -0.1) is 11.3 Å². The molecular formula is C15H28N4O4S2. The largest absolute Gasteiger partial charge is 0.382 e. The standard InChI is InChI=1S/C15H28N4O4S2/c1-3-16-15(17-7-5-10-23-12-11-22-2)18-8-9-19-25(20,21)14-6-4-13-24-14/h4,6,13,19H,3,5,7-12H2,1-2H3,(H2,16,17,18). The molecule has 0 bridgehead atoms. The van der Waals surface area contributed by atoms with Gasteiger partial charge in [0.15, 0.2) is 5.96 Å². The van der Waals surface area contributed by atoms with Crippen LogP contribution in [0.3, 0.4) is 0 Å². The van der Waals surface area contributed by atoms with Gasteiger partial charge in [-0.2, -0.15) is 0 Å². The van der Waals surface area contributed by atoms with E-state index in [1.807, 2.05) is 6.92 Å². The zero-order chi connectivity index (χ0) is 18.4. The number of sulfonamides is 1. The Hall–Kier alpha value is -1.20. The molecule has 0 fully saturated rings.